The van der Waals surface area contributed by atoms with E-state index in [0.717, 1.165) is 35.2 Å². The molecule has 246 valence electrons. The molecule has 1 amide bonds. The molecular weight excluding hydrogens is 602 g/mol. The third-order valence-electron chi connectivity index (χ3n) is 10.9. The third-order valence-corrected chi connectivity index (χ3v) is 10.9. The predicted octanol–water partition coefficient (Wildman–Crippen LogP) is 3.12. The first kappa shape index (κ1) is 29.5. The molecule has 0 aliphatic carbocycles. The summed E-state index contributed by atoms with van der Waals surface area (Å²) in [4.78, 5) is 33.9. The number of hydrogen-bond acceptors (Lipinski definition) is 10. The largest absolute Gasteiger partial charge is 0.466 e. The highest BCUT2D eigenvalue weighted by atomic mass is 16.8. The van der Waals surface area contributed by atoms with Crippen molar-refractivity contribution in [3.05, 3.63) is 77.1 Å². The summed E-state index contributed by atoms with van der Waals surface area (Å²) in [6.07, 6.45) is 1.15. The number of ether oxygens (including phenoxy) is 5. The van der Waals surface area contributed by atoms with Crippen molar-refractivity contribution >= 4 is 17.6 Å². The molecule has 4 fully saturated rings. The minimum absolute atomic E-state index is 0.104. The van der Waals surface area contributed by atoms with E-state index in [1.807, 2.05) is 49.2 Å². The number of nitrogens with zero attached hydrogens (tertiary/aromatic N) is 5. The van der Waals surface area contributed by atoms with Crippen LogP contribution in [0.5, 0.6) is 0 Å². The van der Waals surface area contributed by atoms with Crippen LogP contribution in [0.25, 0.3) is 0 Å². The van der Waals surface area contributed by atoms with Gasteiger partial charge in [0.05, 0.1) is 44.5 Å². The van der Waals surface area contributed by atoms with E-state index in [4.69, 9.17) is 23.7 Å². The lowest BCUT2D eigenvalue weighted by Crippen LogP contribution is -2.55. The molecule has 12 nitrogen and oxygen atoms in total. The predicted molar refractivity (Wildman–Crippen MR) is 165 cm³/mol. The SMILES string of the molecule is CCOC(=O)[C@@H]1[C@H]2[C@H]3O[C@@H]4OC(C)(C)O[C@@H]4[C@H]3OCc3cn(nn3)Cc3ccc(cc3)CN3C(=O)[C@]1(c1ccccc13)N1CCC[C@@H]21. The number of carbonyl (C=O) groups is 2. The van der Waals surface area contributed by atoms with Gasteiger partial charge in [0.2, 0.25) is 0 Å². The van der Waals surface area contributed by atoms with Gasteiger partial charge in [-0.05, 0) is 57.4 Å². The fourth-order valence-corrected chi connectivity index (χ4v) is 9.26. The van der Waals surface area contributed by atoms with Crippen LogP contribution in [0.4, 0.5) is 5.69 Å². The zero-order valence-corrected chi connectivity index (χ0v) is 26.8. The Kier molecular flexibility index (Phi) is 6.68. The van der Waals surface area contributed by atoms with Gasteiger partial charge < -0.3 is 28.6 Å². The standard InChI is InChI=1S/C35H39N5O7/c1-4-43-31(41)27-26-25-10-7-15-40(25)35(27)23-8-5-6-9-24(23)39(33(35)42)17-21-13-11-20(12-14-21)16-38-18-22(36-37-38)19-44-29-28(26)45-32-30(29)46-34(2,3)47-32/h5-6,8-9,11-14,18,25-30,32H,4,7,10,15-17,19H2,1-3H3/t25-,26-,27-,28+,29-,30+,32+,35+/m0/s1. The van der Waals surface area contributed by atoms with Crippen molar-refractivity contribution in [2.24, 2.45) is 11.8 Å². The van der Waals surface area contributed by atoms with Crippen molar-refractivity contribution in [2.75, 3.05) is 18.1 Å². The summed E-state index contributed by atoms with van der Waals surface area (Å²) in [5.74, 6) is -2.66. The van der Waals surface area contributed by atoms with Crippen molar-refractivity contribution in [3.8, 4) is 0 Å². The molecule has 8 atom stereocenters. The molecule has 0 N–H and O–H groups in total. The Balaban J connectivity index is 1.24. The molecule has 8 heterocycles. The van der Waals surface area contributed by atoms with E-state index in [1.165, 1.54) is 0 Å². The number of amides is 1. The minimum Gasteiger partial charge on any atom is -0.466 e. The first-order valence-electron chi connectivity index (χ1n) is 16.7. The highest BCUT2D eigenvalue weighted by Gasteiger charge is 2.74. The van der Waals surface area contributed by atoms with Gasteiger partial charge in [-0.1, -0.05) is 47.7 Å². The highest BCUT2D eigenvalue weighted by molar-refractivity contribution is 6.10. The average Bonchev–Trinajstić information content (AvgIpc) is 3.88. The number of para-hydroxylation sites is 1. The molecule has 12 heteroatoms. The molecule has 3 aromatic rings. The first-order chi connectivity index (χ1) is 22.8. The molecule has 10 rings (SSSR count). The third kappa shape index (κ3) is 4.31. The maximum Gasteiger partial charge on any atom is 0.312 e. The molecule has 47 heavy (non-hydrogen) atoms. The summed E-state index contributed by atoms with van der Waals surface area (Å²) in [6, 6.07) is 16.0. The summed E-state index contributed by atoms with van der Waals surface area (Å²) in [5.41, 5.74) is 3.13. The van der Waals surface area contributed by atoms with Crippen LogP contribution < -0.4 is 4.90 Å². The van der Waals surface area contributed by atoms with Crippen LogP contribution in [0, 0.1) is 11.8 Å². The number of carbonyl (C=O) groups excluding carboxylic acids is 2. The summed E-state index contributed by atoms with van der Waals surface area (Å²) in [6.45, 7) is 7.48. The van der Waals surface area contributed by atoms with Gasteiger partial charge in [-0.2, -0.15) is 0 Å². The van der Waals surface area contributed by atoms with Crippen molar-refractivity contribution < 1.29 is 33.3 Å². The maximum absolute atomic E-state index is 15.3. The zero-order valence-electron chi connectivity index (χ0n) is 26.8. The van der Waals surface area contributed by atoms with E-state index >= 15 is 4.79 Å². The summed E-state index contributed by atoms with van der Waals surface area (Å²) in [7, 11) is 0. The maximum atomic E-state index is 15.3. The molecule has 7 aliphatic rings. The number of hydrogen-bond donors (Lipinski definition) is 0. The van der Waals surface area contributed by atoms with Gasteiger partial charge in [0.25, 0.3) is 5.91 Å². The number of rotatable bonds is 2. The molecule has 1 aromatic heterocycles. The van der Waals surface area contributed by atoms with Crippen LogP contribution in [0.15, 0.2) is 54.7 Å². The highest BCUT2D eigenvalue weighted by Crippen LogP contribution is 2.62. The molecular formula is C35H39N5O7. The number of benzene rings is 2. The second-order valence-corrected chi connectivity index (χ2v) is 14.0. The van der Waals surface area contributed by atoms with Gasteiger partial charge in [0.1, 0.15) is 23.4 Å². The Bertz CT molecular complexity index is 1730. The quantitative estimate of drug-likeness (QED) is 0.387. The molecule has 0 radical (unpaired) electrons. The van der Waals surface area contributed by atoms with E-state index < -0.39 is 53.7 Å². The van der Waals surface area contributed by atoms with Crippen LogP contribution >= 0.6 is 0 Å². The van der Waals surface area contributed by atoms with Crippen molar-refractivity contribution in [2.45, 2.75) is 95.3 Å². The Morgan fingerprint density at radius 1 is 1.02 bits per heavy atom. The fraction of sp³-hybridized carbons (Fsp3) is 0.543. The monoisotopic (exact) mass is 641 g/mol. The molecule has 1 spiro atoms. The van der Waals surface area contributed by atoms with Crippen LogP contribution in [-0.2, 0) is 58.5 Å². The van der Waals surface area contributed by atoms with E-state index in [0.29, 0.717) is 25.3 Å². The Hall–Kier alpha value is -3.68. The van der Waals surface area contributed by atoms with E-state index in [-0.39, 0.29) is 25.2 Å². The van der Waals surface area contributed by atoms with Crippen molar-refractivity contribution in [1.82, 2.24) is 19.9 Å². The Labute approximate surface area is 272 Å². The van der Waals surface area contributed by atoms with E-state index in [2.05, 4.69) is 39.5 Å². The Morgan fingerprint density at radius 2 is 1.81 bits per heavy atom. The number of anilines is 1. The zero-order chi connectivity index (χ0) is 32.1. The van der Waals surface area contributed by atoms with Gasteiger partial charge in [0.15, 0.2) is 12.1 Å². The molecule has 7 bridgehead atoms. The minimum atomic E-state index is -1.25. The fourth-order valence-electron chi connectivity index (χ4n) is 9.26. The van der Waals surface area contributed by atoms with Crippen LogP contribution in [0.1, 0.15) is 56.0 Å². The average molecular weight is 642 g/mol. The van der Waals surface area contributed by atoms with E-state index in [9.17, 15) is 4.79 Å². The summed E-state index contributed by atoms with van der Waals surface area (Å²) >= 11 is 0. The van der Waals surface area contributed by atoms with Gasteiger partial charge in [0, 0.05) is 23.2 Å². The van der Waals surface area contributed by atoms with Gasteiger partial charge in [-0.3, -0.25) is 14.5 Å². The lowest BCUT2D eigenvalue weighted by molar-refractivity contribution is -0.228. The van der Waals surface area contributed by atoms with Crippen LogP contribution in [0.3, 0.4) is 0 Å². The Morgan fingerprint density at radius 3 is 2.62 bits per heavy atom. The molecule has 0 unspecified atom stereocenters. The summed E-state index contributed by atoms with van der Waals surface area (Å²) < 4.78 is 33.8. The van der Waals surface area contributed by atoms with Crippen LogP contribution in [-0.4, -0.2) is 81.4 Å². The van der Waals surface area contributed by atoms with Gasteiger partial charge in [-0.25, -0.2) is 4.68 Å². The lowest BCUT2D eigenvalue weighted by atomic mass is 9.71. The molecule has 4 saturated heterocycles. The second kappa shape index (κ2) is 10.7. The van der Waals surface area contributed by atoms with Crippen molar-refractivity contribution in [1.29, 1.82) is 0 Å². The van der Waals surface area contributed by atoms with Gasteiger partial charge in [-0.15, -0.1) is 5.10 Å². The lowest BCUT2D eigenvalue weighted by Gasteiger charge is -2.38. The smallest absolute Gasteiger partial charge is 0.312 e. The summed E-state index contributed by atoms with van der Waals surface area (Å²) in [5, 5.41) is 8.74. The first-order valence-corrected chi connectivity index (χ1v) is 16.7. The molecule has 2 aromatic carbocycles. The van der Waals surface area contributed by atoms with Gasteiger partial charge >= 0.3 is 5.97 Å². The molecule has 0 saturated carbocycles. The number of aromatic nitrogens is 3. The normalized spacial score (nSPS) is 35.3. The van der Waals surface area contributed by atoms with Crippen LogP contribution in [0.2, 0.25) is 0 Å². The molecule has 7 aliphatic heterocycles. The number of esters is 1. The topological polar surface area (TPSA) is 117 Å². The van der Waals surface area contributed by atoms with Crippen molar-refractivity contribution in [3.63, 3.8) is 0 Å². The number of fused-ring (bicyclic) bond motifs is 6. The second-order valence-electron chi connectivity index (χ2n) is 14.0. The van der Waals surface area contributed by atoms with E-state index in [1.54, 1.807) is 11.6 Å².